The first-order valence-corrected chi connectivity index (χ1v) is 5.26. The maximum absolute atomic E-state index is 13.2. The van der Waals surface area contributed by atoms with Crippen LogP contribution in [0.5, 0.6) is 0 Å². The summed E-state index contributed by atoms with van der Waals surface area (Å²) in [7, 11) is 0. The molecule has 1 aromatic rings. The molecule has 1 aromatic carbocycles. The van der Waals surface area contributed by atoms with Gasteiger partial charge < -0.3 is 10.6 Å². The van der Waals surface area contributed by atoms with Crippen molar-refractivity contribution in [3.63, 3.8) is 0 Å². The molecule has 0 bridgehead atoms. The smallest absolute Gasteiger partial charge is 0.251 e. The Morgan fingerprint density at radius 3 is 2.00 bits per heavy atom. The molecule has 0 amide bonds. The van der Waals surface area contributed by atoms with Crippen LogP contribution < -0.4 is 10.6 Å². The normalized spacial score (nSPS) is 19.4. The van der Waals surface area contributed by atoms with E-state index in [4.69, 9.17) is 5.73 Å². The molecule has 2 nitrogen and oxygen atoms in total. The second-order valence-electron chi connectivity index (χ2n) is 4.17. The minimum absolute atomic E-state index is 0.0792. The molecular formula is C11H12F4N2. The topological polar surface area (TPSA) is 29.3 Å². The van der Waals surface area contributed by atoms with Crippen molar-refractivity contribution in [3.05, 3.63) is 23.8 Å². The second kappa shape index (κ2) is 4.09. The van der Waals surface area contributed by atoms with E-state index in [1.807, 2.05) is 0 Å². The van der Waals surface area contributed by atoms with Crippen molar-refractivity contribution in [3.8, 4) is 0 Å². The zero-order valence-corrected chi connectivity index (χ0v) is 9.02. The molecule has 2 N–H and O–H groups in total. The van der Waals surface area contributed by atoms with Crippen molar-refractivity contribution in [1.29, 1.82) is 0 Å². The van der Waals surface area contributed by atoms with Crippen LogP contribution >= 0.6 is 0 Å². The molecule has 0 spiro atoms. The van der Waals surface area contributed by atoms with E-state index in [-0.39, 0.29) is 31.6 Å². The fourth-order valence-electron chi connectivity index (χ4n) is 1.85. The Morgan fingerprint density at radius 2 is 1.53 bits per heavy atom. The van der Waals surface area contributed by atoms with Gasteiger partial charge >= 0.3 is 0 Å². The molecule has 0 saturated carbocycles. The van der Waals surface area contributed by atoms with E-state index in [9.17, 15) is 17.6 Å². The van der Waals surface area contributed by atoms with Crippen LogP contribution in [0.15, 0.2) is 12.1 Å². The van der Waals surface area contributed by atoms with E-state index in [0.717, 1.165) is 12.1 Å². The Balaban J connectivity index is 2.19. The number of halogens is 4. The van der Waals surface area contributed by atoms with Crippen molar-refractivity contribution < 1.29 is 17.6 Å². The maximum Gasteiger partial charge on any atom is 0.251 e. The van der Waals surface area contributed by atoms with Gasteiger partial charge in [-0.2, -0.15) is 0 Å². The number of alkyl halides is 2. The fraction of sp³-hybridized carbons (Fsp3) is 0.455. The largest absolute Gasteiger partial charge is 0.394 e. The first-order valence-electron chi connectivity index (χ1n) is 5.26. The van der Waals surface area contributed by atoms with Crippen LogP contribution in [0.4, 0.5) is 28.9 Å². The summed E-state index contributed by atoms with van der Waals surface area (Å²) in [5, 5.41) is 0. The highest BCUT2D eigenvalue weighted by atomic mass is 19.3. The van der Waals surface area contributed by atoms with E-state index < -0.39 is 23.2 Å². The zero-order chi connectivity index (χ0) is 12.6. The highest BCUT2D eigenvalue weighted by Gasteiger charge is 2.34. The van der Waals surface area contributed by atoms with E-state index in [1.54, 1.807) is 0 Å². The average molecular weight is 248 g/mol. The van der Waals surface area contributed by atoms with Crippen molar-refractivity contribution in [2.24, 2.45) is 0 Å². The van der Waals surface area contributed by atoms with Crippen LogP contribution in [0.2, 0.25) is 0 Å². The van der Waals surface area contributed by atoms with Gasteiger partial charge in [-0.05, 0) is 12.1 Å². The van der Waals surface area contributed by atoms with Crippen molar-refractivity contribution in [2.75, 3.05) is 23.7 Å². The first kappa shape index (κ1) is 12.0. The number of rotatable bonds is 1. The molecule has 1 aliphatic rings. The second-order valence-corrected chi connectivity index (χ2v) is 4.17. The van der Waals surface area contributed by atoms with Gasteiger partial charge in [-0.15, -0.1) is 0 Å². The third-order valence-electron chi connectivity index (χ3n) is 2.92. The average Bonchev–Trinajstić information content (AvgIpc) is 2.25. The summed E-state index contributed by atoms with van der Waals surface area (Å²) in [4.78, 5) is 1.53. The Labute approximate surface area is 96.0 Å². The lowest BCUT2D eigenvalue weighted by molar-refractivity contribution is -0.0220. The standard InChI is InChI=1S/C11H12F4N2/c12-8-5-7(6-9(13)10(8)16)17-3-1-11(14,15)2-4-17/h5-6H,1-4,16H2. The number of hydrogen-bond acceptors (Lipinski definition) is 2. The molecule has 17 heavy (non-hydrogen) atoms. The summed E-state index contributed by atoms with van der Waals surface area (Å²) >= 11 is 0. The number of benzene rings is 1. The Morgan fingerprint density at radius 1 is 1.06 bits per heavy atom. The van der Waals surface area contributed by atoms with Crippen molar-refractivity contribution >= 4 is 11.4 Å². The fourth-order valence-corrected chi connectivity index (χ4v) is 1.85. The molecule has 0 atom stereocenters. The number of nitrogens with two attached hydrogens (primary N) is 1. The monoisotopic (exact) mass is 248 g/mol. The van der Waals surface area contributed by atoms with Gasteiger partial charge in [0.15, 0.2) is 11.6 Å². The quantitative estimate of drug-likeness (QED) is 0.611. The molecular weight excluding hydrogens is 236 g/mol. The van der Waals surface area contributed by atoms with E-state index in [1.165, 1.54) is 4.90 Å². The highest BCUT2D eigenvalue weighted by molar-refractivity contribution is 5.55. The third kappa shape index (κ3) is 2.45. The molecule has 0 aromatic heterocycles. The number of nitrogens with zero attached hydrogens (tertiary/aromatic N) is 1. The lowest BCUT2D eigenvalue weighted by atomic mass is 10.1. The zero-order valence-electron chi connectivity index (χ0n) is 9.02. The van der Waals surface area contributed by atoms with E-state index in [0.29, 0.717) is 0 Å². The van der Waals surface area contributed by atoms with Gasteiger partial charge in [-0.1, -0.05) is 0 Å². The first-order chi connectivity index (χ1) is 7.89. The summed E-state index contributed by atoms with van der Waals surface area (Å²) < 4.78 is 52.3. The Hall–Kier alpha value is -1.46. The van der Waals surface area contributed by atoms with Gasteiger partial charge in [0.2, 0.25) is 0 Å². The summed E-state index contributed by atoms with van der Waals surface area (Å²) in [6.07, 6.45) is -0.610. The van der Waals surface area contributed by atoms with E-state index in [2.05, 4.69) is 0 Å². The Bertz CT molecular complexity index is 400. The van der Waals surface area contributed by atoms with Gasteiger partial charge in [0, 0.05) is 31.6 Å². The lowest BCUT2D eigenvalue weighted by Gasteiger charge is -2.33. The molecule has 0 aliphatic carbocycles. The molecule has 6 heteroatoms. The summed E-state index contributed by atoms with van der Waals surface area (Å²) in [5.41, 5.74) is 4.84. The highest BCUT2D eigenvalue weighted by Crippen LogP contribution is 2.32. The molecule has 1 saturated heterocycles. The predicted octanol–water partition coefficient (Wildman–Crippen LogP) is 2.78. The van der Waals surface area contributed by atoms with Crippen LogP contribution in [0.1, 0.15) is 12.8 Å². The Kier molecular flexibility index (Phi) is 2.89. The van der Waals surface area contributed by atoms with Crippen LogP contribution in [-0.4, -0.2) is 19.0 Å². The minimum atomic E-state index is -2.68. The molecule has 0 radical (unpaired) electrons. The number of anilines is 2. The van der Waals surface area contributed by atoms with Gasteiger partial charge in [-0.25, -0.2) is 17.6 Å². The molecule has 94 valence electrons. The lowest BCUT2D eigenvalue weighted by Crippen LogP contribution is -2.39. The number of piperidine rings is 1. The van der Waals surface area contributed by atoms with Crippen LogP contribution in [0.25, 0.3) is 0 Å². The molecule has 1 heterocycles. The SMILES string of the molecule is Nc1c(F)cc(N2CCC(F)(F)CC2)cc1F. The molecule has 2 rings (SSSR count). The van der Waals surface area contributed by atoms with Crippen molar-refractivity contribution in [1.82, 2.24) is 0 Å². The van der Waals surface area contributed by atoms with Gasteiger partial charge in [-0.3, -0.25) is 0 Å². The van der Waals surface area contributed by atoms with Gasteiger partial charge in [0.25, 0.3) is 5.92 Å². The van der Waals surface area contributed by atoms with Crippen LogP contribution in [0, 0.1) is 11.6 Å². The maximum atomic E-state index is 13.2. The summed E-state index contributed by atoms with van der Waals surface area (Å²) in [6, 6.07) is 2.14. The molecule has 1 aliphatic heterocycles. The summed E-state index contributed by atoms with van der Waals surface area (Å²) in [6.45, 7) is 0.158. The van der Waals surface area contributed by atoms with Crippen LogP contribution in [-0.2, 0) is 0 Å². The van der Waals surface area contributed by atoms with Gasteiger partial charge in [0.05, 0.1) is 0 Å². The molecule has 0 unspecified atom stereocenters. The van der Waals surface area contributed by atoms with E-state index >= 15 is 0 Å². The number of nitrogen functional groups attached to an aromatic ring is 1. The third-order valence-corrected chi connectivity index (χ3v) is 2.92. The van der Waals surface area contributed by atoms with Crippen molar-refractivity contribution in [2.45, 2.75) is 18.8 Å². The summed E-state index contributed by atoms with van der Waals surface area (Å²) in [5.74, 6) is -4.41. The van der Waals surface area contributed by atoms with Crippen LogP contribution in [0.3, 0.4) is 0 Å². The molecule has 1 fully saturated rings. The minimum Gasteiger partial charge on any atom is -0.394 e. The van der Waals surface area contributed by atoms with Gasteiger partial charge in [0.1, 0.15) is 5.69 Å². The predicted molar refractivity (Wildman–Crippen MR) is 57.2 cm³/mol. The number of hydrogen-bond donors (Lipinski definition) is 1.